The summed E-state index contributed by atoms with van der Waals surface area (Å²) in [6.07, 6.45) is 1.68. The van der Waals surface area contributed by atoms with E-state index in [4.69, 9.17) is 0 Å². The summed E-state index contributed by atoms with van der Waals surface area (Å²) in [6, 6.07) is 11.8. The quantitative estimate of drug-likeness (QED) is 0.882. The molecule has 3 rings (SSSR count). The van der Waals surface area contributed by atoms with Gasteiger partial charge in [-0.25, -0.2) is 4.39 Å². The zero-order valence-electron chi connectivity index (χ0n) is 15.6. The van der Waals surface area contributed by atoms with Gasteiger partial charge < -0.3 is 10.2 Å². The van der Waals surface area contributed by atoms with Crippen LogP contribution in [0.5, 0.6) is 0 Å². The average Bonchev–Trinajstić information content (AvgIpc) is 3.11. The largest absolute Gasteiger partial charge is 0.350 e. The van der Waals surface area contributed by atoms with E-state index in [0.717, 1.165) is 11.3 Å². The lowest BCUT2D eigenvalue weighted by molar-refractivity contribution is -0.133. The van der Waals surface area contributed by atoms with E-state index < -0.39 is 5.92 Å². The Balaban J connectivity index is 1.78. The zero-order valence-corrected chi connectivity index (χ0v) is 15.6. The second-order valence-electron chi connectivity index (χ2n) is 7.20. The van der Waals surface area contributed by atoms with Crippen molar-refractivity contribution in [3.8, 4) is 0 Å². The molecule has 0 bridgehead atoms. The molecule has 1 saturated heterocycles. The molecular formula is C21H24FN3O2. The van der Waals surface area contributed by atoms with Crippen LogP contribution in [0.1, 0.15) is 31.0 Å². The number of pyridine rings is 1. The van der Waals surface area contributed by atoms with Crippen molar-refractivity contribution in [2.24, 2.45) is 11.8 Å². The Labute approximate surface area is 158 Å². The number of aromatic nitrogens is 1. The molecule has 2 amide bonds. The SMILES string of the molecule is CC(C)C(=O)N1C[C@H](C(=O)NCc2ccccn2)[C@H](c2cccc(F)c2)C1. The van der Waals surface area contributed by atoms with Crippen LogP contribution < -0.4 is 5.32 Å². The number of benzene rings is 1. The smallest absolute Gasteiger partial charge is 0.225 e. The Morgan fingerprint density at radius 1 is 1.22 bits per heavy atom. The Bertz CT molecular complexity index is 810. The first-order chi connectivity index (χ1) is 13.0. The standard InChI is InChI=1S/C21H24FN3O2/c1-14(2)21(27)25-12-18(15-6-5-7-16(22)10-15)19(13-25)20(26)24-11-17-8-3-4-9-23-17/h3-10,14,18-19H,11-13H2,1-2H3,(H,24,26)/t18-,19-/m0/s1. The fourth-order valence-electron chi connectivity index (χ4n) is 3.50. The average molecular weight is 369 g/mol. The highest BCUT2D eigenvalue weighted by molar-refractivity contribution is 5.84. The van der Waals surface area contributed by atoms with Crippen LogP contribution in [-0.4, -0.2) is 34.8 Å². The van der Waals surface area contributed by atoms with E-state index in [1.807, 2.05) is 38.1 Å². The lowest BCUT2D eigenvalue weighted by Crippen LogP contribution is -2.36. The third kappa shape index (κ3) is 4.51. The Morgan fingerprint density at radius 2 is 2.04 bits per heavy atom. The van der Waals surface area contributed by atoms with E-state index in [-0.39, 0.29) is 29.5 Å². The summed E-state index contributed by atoms with van der Waals surface area (Å²) >= 11 is 0. The minimum atomic E-state index is -0.418. The van der Waals surface area contributed by atoms with Crippen molar-refractivity contribution in [1.29, 1.82) is 0 Å². The van der Waals surface area contributed by atoms with Crippen molar-refractivity contribution < 1.29 is 14.0 Å². The number of hydrogen-bond donors (Lipinski definition) is 1. The normalized spacial score (nSPS) is 19.3. The van der Waals surface area contributed by atoms with E-state index in [0.29, 0.717) is 19.6 Å². The molecule has 1 aromatic carbocycles. The predicted molar refractivity (Wildman–Crippen MR) is 100 cm³/mol. The molecular weight excluding hydrogens is 345 g/mol. The summed E-state index contributed by atoms with van der Waals surface area (Å²) in [5.74, 6) is -1.27. The third-order valence-corrected chi connectivity index (χ3v) is 4.91. The van der Waals surface area contributed by atoms with Gasteiger partial charge in [-0.2, -0.15) is 0 Å². The van der Waals surface area contributed by atoms with E-state index >= 15 is 0 Å². The summed E-state index contributed by atoms with van der Waals surface area (Å²) in [5.41, 5.74) is 1.51. The van der Waals surface area contributed by atoms with Crippen molar-refractivity contribution in [2.45, 2.75) is 26.3 Å². The second-order valence-corrected chi connectivity index (χ2v) is 7.20. The number of nitrogens with zero attached hydrogens (tertiary/aromatic N) is 2. The Kier molecular flexibility index (Phi) is 5.84. The van der Waals surface area contributed by atoms with Gasteiger partial charge in [-0.3, -0.25) is 14.6 Å². The first-order valence-corrected chi connectivity index (χ1v) is 9.17. The molecule has 142 valence electrons. The van der Waals surface area contributed by atoms with E-state index in [9.17, 15) is 14.0 Å². The summed E-state index contributed by atoms with van der Waals surface area (Å²) in [7, 11) is 0. The van der Waals surface area contributed by atoms with Gasteiger partial charge in [-0.1, -0.05) is 32.0 Å². The molecule has 2 heterocycles. The maximum absolute atomic E-state index is 13.7. The number of likely N-dealkylation sites (tertiary alicyclic amines) is 1. The fourth-order valence-corrected chi connectivity index (χ4v) is 3.50. The Hall–Kier alpha value is -2.76. The molecule has 0 radical (unpaired) electrons. The number of rotatable bonds is 5. The van der Waals surface area contributed by atoms with Crippen molar-refractivity contribution in [2.75, 3.05) is 13.1 Å². The summed E-state index contributed by atoms with van der Waals surface area (Å²) in [6.45, 7) is 4.76. The van der Waals surface area contributed by atoms with Gasteiger partial charge in [-0.15, -0.1) is 0 Å². The lowest BCUT2D eigenvalue weighted by atomic mass is 9.88. The number of carbonyl (C=O) groups is 2. The Morgan fingerprint density at radius 3 is 2.70 bits per heavy atom. The molecule has 5 nitrogen and oxygen atoms in total. The molecule has 6 heteroatoms. The maximum Gasteiger partial charge on any atom is 0.225 e. The van der Waals surface area contributed by atoms with Crippen LogP contribution in [0.2, 0.25) is 0 Å². The summed E-state index contributed by atoms with van der Waals surface area (Å²) < 4.78 is 13.7. The predicted octanol–water partition coefficient (Wildman–Crippen LogP) is 2.74. The van der Waals surface area contributed by atoms with Crippen LogP contribution in [0.3, 0.4) is 0 Å². The molecule has 2 aromatic rings. The molecule has 0 aliphatic carbocycles. The molecule has 1 aliphatic heterocycles. The topological polar surface area (TPSA) is 62.3 Å². The highest BCUT2D eigenvalue weighted by Gasteiger charge is 2.40. The van der Waals surface area contributed by atoms with Crippen molar-refractivity contribution in [3.63, 3.8) is 0 Å². The first-order valence-electron chi connectivity index (χ1n) is 9.17. The number of hydrogen-bond acceptors (Lipinski definition) is 3. The molecule has 0 unspecified atom stereocenters. The molecule has 1 fully saturated rings. The van der Waals surface area contributed by atoms with Crippen molar-refractivity contribution in [3.05, 3.63) is 65.7 Å². The van der Waals surface area contributed by atoms with Gasteiger partial charge in [0, 0.05) is 31.1 Å². The van der Waals surface area contributed by atoms with Crippen molar-refractivity contribution in [1.82, 2.24) is 15.2 Å². The molecule has 0 spiro atoms. The van der Waals surface area contributed by atoms with Crippen molar-refractivity contribution >= 4 is 11.8 Å². The van der Waals surface area contributed by atoms with Crippen LogP contribution in [0.15, 0.2) is 48.7 Å². The molecule has 0 saturated carbocycles. The van der Waals surface area contributed by atoms with E-state index in [1.165, 1.54) is 12.1 Å². The highest BCUT2D eigenvalue weighted by Crippen LogP contribution is 2.34. The van der Waals surface area contributed by atoms with Gasteiger partial charge in [0.1, 0.15) is 5.82 Å². The molecule has 27 heavy (non-hydrogen) atoms. The first kappa shape index (κ1) is 19.0. The number of halogens is 1. The molecule has 1 aromatic heterocycles. The number of amides is 2. The van der Waals surface area contributed by atoms with Crippen LogP contribution in [0, 0.1) is 17.7 Å². The fraction of sp³-hybridized carbons (Fsp3) is 0.381. The lowest BCUT2D eigenvalue weighted by Gasteiger charge is -2.18. The number of nitrogens with one attached hydrogen (secondary N) is 1. The van der Waals surface area contributed by atoms with Crippen LogP contribution >= 0.6 is 0 Å². The van der Waals surface area contributed by atoms with Crippen LogP contribution in [0.4, 0.5) is 4.39 Å². The van der Waals surface area contributed by atoms with Crippen LogP contribution in [-0.2, 0) is 16.1 Å². The molecule has 1 N–H and O–H groups in total. The van der Waals surface area contributed by atoms with Gasteiger partial charge in [-0.05, 0) is 29.8 Å². The maximum atomic E-state index is 13.7. The summed E-state index contributed by atoms with van der Waals surface area (Å²) in [5, 5.41) is 2.91. The summed E-state index contributed by atoms with van der Waals surface area (Å²) in [4.78, 5) is 31.2. The monoisotopic (exact) mass is 369 g/mol. The minimum absolute atomic E-state index is 0.0106. The number of carbonyl (C=O) groups excluding carboxylic acids is 2. The van der Waals surface area contributed by atoms with Gasteiger partial charge >= 0.3 is 0 Å². The van der Waals surface area contributed by atoms with Gasteiger partial charge in [0.25, 0.3) is 0 Å². The zero-order chi connectivity index (χ0) is 19.4. The van der Waals surface area contributed by atoms with Gasteiger partial charge in [0.05, 0.1) is 18.2 Å². The van der Waals surface area contributed by atoms with Crippen LogP contribution in [0.25, 0.3) is 0 Å². The van der Waals surface area contributed by atoms with E-state index in [1.54, 1.807) is 17.2 Å². The minimum Gasteiger partial charge on any atom is -0.350 e. The molecule has 1 aliphatic rings. The highest BCUT2D eigenvalue weighted by atomic mass is 19.1. The van der Waals surface area contributed by atoms with E-state index in [2.05, 4.69) is 10.3 Å². The third-order valence-electron chi connectivity index (χ3n) is 4.91. The van der Waals surface area contributed by atoms with Gasteiger partial charge in [0.2, 0.25) is 11.8 Å². The van der Waals surface area contributed by atoms with Gasteiger partial charge in [0.15, 0.2) is 0 Å². The second kappa shape index (κ2) is 8.29. The molecule has 2 atom stereocenters.